The molecule has 0 aliphatic heterocycles. The third kappa shape index (κ3) is 8.96. The highest BCUT2D eigenvalue weighted by molar-refractivity contribution is 9.09. The molecule has 0 radical (unpaired) electrons. The Labute approximate surface area is 219 Å². The van der Waals surface area contributed by atoms with E-state index in [-0.39, 0.29) is 11.8 Å². The smallest absolute Gasteiger partial charge is 0.305 e. The number of carbonyl (C=O) groups is 1. The average Bonchev–Trinajstić information content (AvgIpc) is 3.28. The minimum absolute atomic E-state index is 0.162. The van der Waals surface area contributed by atoms with Crippen molar-refractivity contribution in [1.29, 1.82) is 0 Å². The highest BCUT2D eigenvalue weighted by Gasteiger charge is 2.16. The predicted octanol–water partition coefficient (Wildman–Crippen LogP) is 6.94. The number of thioether (sulfide) groups is 1. The number of hydrogen-bond donors (Lipinski definition) is 2. The number of nitrogens with one attached hydrogen (secondary N) is 2. The lowest BCUT2D eigenvalue weighted by Gasteiger charge is -2.09. The van der Waals surface area contributed by atoms with Crippen LogP contribution in [0.25, 0.3) is 22.5 Å². The number of aromatic nitrogens is 3. The highest BCUT2D eigenvalue weighted by atomic mass is 79.9. The average molecular weight is 564 g/mol. The molecule has 3 rings (SSSR count). The van der Waals surface area contributed by atoms with E-state index in [2.05, 4.69) is 45.1 Å². The number of alkyl halides is 1. The van der Waals surface area contributed by atoms with Gasteiger partial charge in [-0.2, -0.15) is 0 Å². The van der Waals surface area contributed by atoms with Crippen molar-refractivity contribution in [3.8, 4) is 22.5 Å². The maximum Gasteiger partial charge on any atom is 0.305 e. The third-order valence-corrected chi connectivity index (χ3v) is 6.54. The first-order valence-corrected chi connectivity index (χ1v) is 14.0. The zero-order valence-corrected chi connectivity index (χ0v) is 22.6. The van der Waals surface area contributed by atoms with Gasteiger partial charge in [0.25, 0.3) is 0 Å². The summed E-state index contributed by atoms with van der Waals surface area (Å²) in [6, 6.07) is 10.2. The summed E-state index contributed by atoms with van der Waals surface area (Å²) < 4.78 is 18.9. The number of benzene rings is 1. The molecule has 0 fully saturated rings. The van der Waals surface area contributed by atoms with Crippen LogP contribution in [-0.2, 0) is 9.53 Å². The molecular weight excluding hydrogens is 531 g/mol. The second-order valence-electron chi connectivity index (χ2n) is 8.55. The molecule has 188 valence electrons. The highest BCUT2D eigenvalue weighted by Crippen LogP contribution is 2.33. The number of nitrogens with zero attached hydrogens (tertiary/aromatic N) is 2. The van der Waals surface area contributed by atoms with Crippen molar-refractivity contribution >= 4 is 39.5 Å². The number of hydrogen-bond acceptors (Lipinski definition) is 6. The van der Waals surface area contributed by atoms with Crippen LogP contribution >= 0.6 is 27.7 Å². The molecule has 0 unspecified atom stereocenters. The second-order valence-corrected chi connectivity index (χ2v) is 10.4. The number of carbonyl (C=O) groups excluding carboxylic acids is 1. The minimum Gasteiger partial charge on any atom is -0.465 e. The summed E-state index contributed by atoms with van der Waals surface area (Å²) in [5.41, 5.74) is 3.31. The van der Waals surface area contributed by atoms with E-state index in [9.17, 15) is 9.18 Å². The van der Waals surface area contributed by atoms with Gasteiger partial charge in [-0.1, -0.05) is 48.0 Å². The Morgan fingerprint density at radius 3 is 2.71 bits per heavy atom. The zero-order valence-electron chi connectivity index (χ0n) is 20.2. The van der Waals surface area contributed by atoms with Gasteiger partial charge in [0.1, 0.15) is 18.2 Å². The Morgan fingerprint density at radius 1 is 1.17 bits per heavy atom. The van der Waals surface area contributed by atoms with Gasteiger partial charge in [-0.3, -0.25) is 4.79 Å². The van der Waals surface area contributed by atoms with Crippen molar-refractivity contribution in [3.63, 3.8) is 0 Å². The number of unbranched alkanes of at least 4 members (excludes halogenated alkanes) is 2. The van der Waals surface area contributed by atoms with Crippen LogP contribution in [0.1, 0.15) is 39.5 Å². The van der Waals surface area contributed by atoms with Gasteiger partial charge < -0.3 is 15.0 Å². The van der Waals surface area contributed by atoms with Gasteiger partial charge in [-0.25, -0.2) is 14.4 Å². The molecule has 0 spiro atoms. The number of halogens is 2. The first-order valence-electron chi connectivity index (χ1n) is 11.9. The number of H-pyrrole nitrogens is 1. The van der Waals surface area contributed by atoms with Crippen molar-refractivity contribution in [1.82, 2.24) is 15.0 Å². The number of rotatable bonds is 14. The van der Waals surface area contributed by atoms with Crippen molar-refractivity contribution in [3.05, 3.63) is 48.4 Å². The van der Waals surface area contributed by atoms with Gasteiger partial charge in [0.05, 0.1) is 11.4 Å². The normalized spacial score (nSPS) is 11.1. The molecule has 0 amide bonds. The van der Waals surface area contributed by atoms with E-state index in [1.54, 1.807) is 18.3 Å². The van der Waals surface area contributed by atoms with E-state index in [0.717, 1.165) is 59.5 Å². The lowest BCUT2D eigenvalue weighted by atomic mass is 10.1. The molecule has 2 heterocycles. The largest absolute Gasteiger partial charge is 0.465 e. The molecule has 0 saturated carbocycles. The van der Waals surface area contributed by atoms with Crippen LogP contribution in [0.5, 0.6) is 0 Å². The van der Waals surface area contributed by atoms with E-state index >= 15 is 0 Å². The summed E-state index contributed by atoms with van der Waals surface area (Å²) >= 11 is 4.88. The molecule has 6 nitrogen and oxygen atoms in total. The van der Waals surface area contributed by atoms with Crippen LogP contribution in [0.15, 0.2) is 47.8 Å². The fraction of sp³-hybridized carbons (Fsp3) is 0.423. The van der Waals surface area contributed by atoms with Crippen molar-refractivity contribution < 1.29 is 13.9 Å². The minimum atomic E-state index is -0.289. The lowest BCUT2D eigenvalue weighted by molar-refractivity contribution is -0.143. The fourth-order valence-electron chi connectivity index (χ4n) is 3.34. The number of pyridine rings is 1. The number of esters is 1. The summed E-state index contributed by atoms with van der Waals surface area (Å²) in [5, 5.41) is 5.01. The van der Waals surface area contributed by atoms with Gasteiger partial charge in [-0.15, -0.1) is 0 Å². The summed E-state index contributed by atoms with van der Waals surface area (Å²) in [4.78, 5) is 24.5. The van der Waals surface area contributed by atoms with E-state index in [1.807, 2.05) is 12.1 Å². The standard InChI is InChI=1S/C26H32BrFN4O2S/c1-18(2)17-30-22-16-20(11-13-29-22)25-24(19-7-9-21(28)10-8-19)31-26(32-25)35-15-14-34-23(33)6-4-3-5-12-27/h7-11,13,16,18H,3-6,12,14-15,17H2,1-2H3,(H,29,30)(H,31,32). The molecule has 0 atom stereocenters. The lowest BCUT2D eigenvalue weighted by Crippen LogP contribution is -2.08. The summed E-state index contributed by atoms with van der Waals surface area (Å²) in [6.45, 7) is 5.42. The SMILES string of the molecule is CC(C)CNc1cc(-c2nc(SCCOC(=O)CCCCCBr)[nH]c2-c2ccc(F)cc2)ccn1. The summed E-state index contributed by atoms with van der Waals surface area (Å²) in [7, 11) is 0. The Morgan fingerprint density at radius 2 is 1.97 bits per heavy atom. The van der Waals surface area contributed by atoms with Crippen LogP contribution in [0.4, 0.5) is 10.2 Å². The van der Waals surface area contributed by atoms with Gasteiger partial charge in [0.2, 0.25) is 0 Å². The quantitative estimate of drug-likeness (QED) is 0.0958. The molecule has 9 heteroatoms. The molecule has 2 aromatic heterocycles. The molecule has 0 aliphatic rings. The van der Waals surface area contributed by atoms with Crippen LogP contribution in [0, 0.1) is 11.7 Å². The number of ether oxygens (including phenoxy) is 1. The Kier molecular flexibility index (Phi) is 11.1. The number of aromatic amines is 1. The molecule has 0 bridgehead atoms. The molecule has 2 N–H and O–H groups in total. The van der Waals surface area contributed by atoms with Gasteiger partial charge in [-0.05, 0) is 55.2 Å². The predicted molar refractivity (Wildman–Crippen MR) is 144 cm³/mol. The molecule has 35 heavy (non-hydrogen) atoms. The van der Waals surface area contributed by atoms with Gasteiger partial charge >= 0.3 is 5.97 Å². The summed E-state index contributed by atoms with van der Waals surface area (Å²) in [5.74, 6) is 1.40. The van der Waals surface area contributed by atoms with E-state index < -0.39 is 0 Å². The Bertz CT molecular complexity index is 1080. The number of imidazole rings is 1. The van der Waals surface area contributed by atoms with Crippen LogP contribution in [0.2, 0.25) is 0 Å². The van der Waals surface area contributed by atoms with Crippen LogP contribution in [0.3, 0.4) is 0 Å². The maximum atomic E-state index is 13.5. The van der Waals surface area contributed by atoms with Crippen molar-refractivity contribution in [2.75, 3.05) is 29.6 Å². The third-order valence-electron chi connectivity index (χ3n) is 5.14. The summed E-state index contributed by atoms with van der Waals surface area (Å²) in [6.07, 6.45) is 5.13. The van der Waals surface area contributed by atoms with Crippen LogP contribution in [-0.4, -0.2) is 45.2 Å². The Hall–Kier alpha value is -2.39. The Balaban J connectivity index is 1.70. The van der Waals surface area contributed by atoms with Crippen molar-refractivity contribution in [2.24, 2.45) is 5.92 Å². The molecule has 0 aliphatic carbocycles. The first-order chi connectivity index (χ1) is 17.0. The van der Waals surface area contributed by atoms with Gasteiger partial charge in [0, 0.05) is 41.4 Å². The molecule has 0 saturated heterocycles. The second kappa shape index (κ2) is 14.2. The monoisotopic (exact) mass is 562 g/mol. The maximum absolute atomic E-state index is 13.5. The fourth-order valence-corrected chi connectivity index (χ4v) is 4.43. The van der Waals surface area contributed by atoms with Gasteiger partial charge in [0.15, 0.2) is 5.16 Å². The molecular formula is C26H32BrFN4O2S. The van der Waals surface area contributed by atoms with Crippen LogP contribution < -0.4 is 5.32 Å². The topological polar surface area (TPSA) is 79.9 Å². The van der Waals surface area contributed by atoms with E-state index in [4.69, 9.17) is 9.72 Å². The number of anilines is 1. The van der Waals surface area contributed by atoms with E-state index in [1.165, 1.54) is 23.9 Å². The van der Waals surface area contributed by atoms with Crippen molar-refractivity contribution in [2.45, 2.75) is 44.7 Å². The molecule has 1 aromatic carbocycles. The first kappa shape index (κ1) is 27.2. The molecule has 3 aromatic rings. The zero-order chi connectivity index (χ0) is 25.0. The van der Waals surface area contributed by atoms with E-state index in [0.29, 0.717) is 29.9 Å².